The summed E-state index contributed by atoms with van der Waals surface area (Å²) in [6, 6.07) is 0.468. The van der Waals surface area contributed by atoms with Crippen LogP contribution in [0.4, 0.5) is 4.79 Å². The molecule has 0 unspecified atom stereocenters. The van der Waals surface area contributed by atoms with Gasteiger partial charge in [0.2, 0.25) is 0 Å². The van der Waals surface area contributed by atoms with Crippen molar-refractivity contribution in [2.75, 3.05) is 6.54 Å². The molecular formula is C16H30N2O. The smallest absolute Gasteiger partial charge is 0.315 e. The standard InChI is InChI=1S/C16H30N2O/c1-16(2)10-8-13(9-11-16)12-17-15(19)18-14-6-4-3-5-7-14/h13-14H,3-12H2,1-2H3,(H2,17,18,19). The van der Waals surface area contributed by atoms with Gasteiger partial charge in [-0.2, -0.15) is 0 Å². The Hall–Kier alpha value is -0.730. The maximum Gasteiger partial charge on any atom is 0.315 e. The van der Waals surface area contributed by atoms with Crippen LogP contribution in [0.5, 0.6) is 0 Å². The lowest BCUT2D eigenvalue weighted by Crippen LogP contribution is -2.44. The summed E-state index contributed by atoms with van der Waals surface area (Å²) in [4.78, 5) is 11.9. The van der Waals surface area contributed by atoms with Gasteiger partial charge in [0.1, 0.15) is 0 Å². The molecule has 0 spiro atoms. The maximum atomic E-state index is 11.9. The zero-order chi connectivity index (χ0) is 13.7. The molecule has 2 N–H and O–H groups in total. The number of urea groups is 1. The van der Waals surface area contributed by atoms with Crippen LogP contribution in [0.25, 0.3) is 0 Å². The minimum atomic E-state index is 0.0525. The molecule has 0 aromatic rings. The summed E-state index contributed by atoms with van der Waals surface area (Å²) in [7, 11) is 0. The van der Waals surface area contributed by atoms with Crippen molar-refractivity contribution in [1.82, 2.24) is 10.6 Å². The van der Waals surface area contributed by atoms with E-state index in [4.69, 9.17) is 0 Å². The molecular weight excluding hydrogens is 236 g/mol. The second-order valence-corrected chi connectivity index (χ2v) is 7.30. The lowest BCUT2D eigenvalue weighted by Gasteiger charge is -2.34. The van der Waals surface area contributed by atoms with Crippen LogP contribution < -0.4 is 10.6 Å². The normalized spacial score (nSPS) is 24.9. The first-order valence-corrected chi connectivity index (χ1v) is 8.09. The Morgan fingerprint density at radius 1 is 1.05 bits per heavy atom. The summed E-state index contributed by atoms with van der Waals surface area (Å²) in [5.74, 6) is 0.685. The van der Waals surface area contributed by atoms with Crippen LogP contribution in [0.15, 0.2) is 0 Å². The Kier molecular flexibility index (Phi) is 5.12. The van der Waals surface area contributed by atoms with Gasteiger partial charge in [0.15, 0.2) is 0 Å². The van der Waals surface area contributed by atoms with Crippen LogP contribution in [0, 0.1) is 11.3 Å². The van der Waals surface area contributed by atoms with Gasteiger partial charge in [-0.05, 0) is 49.9 Å². The molecule has 110 valence electrons. The molecule has 2 saturated carbocycles. The first-order valence-electron chi connectivity index (χ1n) is 8.09. The molecule has 0 aromatic heterocycles. The number of amides is 2. The highest BCUT2D eigenvalue weighted by Gasteiger charge is 2.27. The van der Waals surface area contributed by atoms with Crippen molar-refractivity contribution in [3.05, 3.63) is 0 Å². The molecule has 0 aromatic carbocycles. The number of hydrogen-bond donors (Lipinski definition) is 2. The van der Waals surface area contributed by atoms with E-state index in [0.29, 0.717) is 17.4 Å². The Bertz CT molecular complexity index is 285. The fourth-order valence-corrected chi connectivity index (χ4v) is 3.38. The summed E-state index contributed by atoms with van der Waals surface area (Å²) in [5.41, 5.74) is 0.515. The second-order valence-electron chi connectivity index (χ2n) is 7.30. The molecule has 2 fully saturated rings. The van der Waals surface area contributed by atoms with E-state index in [1.165, 1.54) is 44.9 Å². The molecule has 3 heteroatoms. The van der Waals surface area contributed by atoms with Crippen LogP contribution in [0.3, 0.4) is 0 Å². The Balaban J connectivity index is 1.61. The molecule has 0 saturated heterocycles. The monoisotopic (exact) mass is 266 g/mol. The van der Waals surface area contributed by atoms with Crippen molar-refractivity contribution in [1.29, 1.82) is 0 Å². The summed E-state index contributed by atoms with van der Waals surface area (Å²) < 4.78 is 0. The van der Waals surface area contributed by atoms with E-state index >= 15 is 0 Å². The molecule has 2 rings (SSSR count). The van der Waals surface area contributed by atoms with E-state index in [1.54, 1.807) is 0 Å². The Morgan fingerprint density at radius 3 is 2.32 bits per heavy atom. The fourth-order valence-electron chi connectivity index (χ4n) is 3.38. The van der Waals surface area contributed by atoms with Crippen molar-refractivity contribution >= 4 is 6.03 Å². The van der Waals surface area contributed by atoms with Gasteiger partial charge in [0.25, 0.3) is 0 Å². The molecule has 0 atom stereocenters. The van der Waals surface area contributed by atoms with Gasteiger partial charge in [-0.3, -0.25) is 0 Å². The van der Waals surface area contributed by atoms with Gasteiger partial charge in [0, 0.05) is 12.6 Å². The third kappa shape index (κ3) is 5.04. The molecule has 19 heavy (non-hydrogen) atoms. The molecule has 2 aliphatic rings. The van der Waals surface area contributed by atoms with E-state index in [0.717, 1.165) is 19.4 Å². The number of carbonyl (C=O) groups is 1. The zero-order valence-corrected chi connectivity index (χ0v) is 12.6. The zero-order valence-electron chi connectivity index (χ0n) is 12.6. The number of carbonyl (C=O) groups excluding carboxylic acids is 1. The Labute approximate surface area is 117 Å². The molecule has 0 radical (unpaired) electrons. The molecule has 0 heterocycles. The minimum absolute atomic E-state index is 0.0525. The topological polar surface area (TPSA) is 41.1 Å². The molecule has 3 nitrogen and oxygen atoms in total. The third-order valence-corrected chi connectivity index (χ3v) is 4.95. The van der Waals surface area contributed by atoms with Gasteiger partial charge < -0.3 is 10.6 Å². The van der Waals surface area contributed by atoms with Gasteiger partial charge in [-0.1, -0.05) is 33.1 Å². The van der Waals surface area contributed by atoms with Gasteiger partial charge in [0.05, 0.1) is 0 Å². The van der Waals surface area contributed by atoms with Crippen molar-refractivity contribution in [2.24, 2.45) is 11.3 Å². The fraction of sp³-hybridized carbons (Fsp3) is 0.938. The maximum absolute atomic E-state index is 11.9. The predicted octanol–water partition coefficient (Wildman–Crippen LogP) is 3.83. The predicted molar refractivity (Wildman–Crippen MR) is 79.1 cm³/mol. The van der Waals surface area contributed by atoms with Crippen LogP contribution in [-0.4, -0.2) is 18.6 Å². The molecule has 0 aliphatic heterocycles. The SMILES string of the molecule is CC1(C)CCC(CNC(=O)NC2CCCCC2)CC1. The van der Waals surface area contributed by atoms with E-state index < -0.39 is 0 Å². The highest BCUT2D eigenvalue weighted by atomic mass is 16.2. The van der Waals surface area contributed by atoms with Crippen LogP contribution >= 0.6 is 0 Å². The van der Waals surface area contributed by atoms with E-state index in [2.05, 4.69) is 24.5 Å². The van der Waals surface area contributed by atoms with Crippen molar-refractivity contribution < 1.29 is 4.79 Å². The molecule has 2 amide bonds. The van der Waals surface area contributed by atoms with Gasteiger partial charge in [-0.25, -0.2) is 4.79 Å². The average molecular weight is 266 g/mol. The average Bonchev–Trinajstić information content (AvgIpc) is 2.39. The lowest BCUT2D eigenvalue weighted by atomic mass is 9.73. The lowest BCUT2D eigenvalue weighted by molar-refractivity contribution is 0.186. The van der Waals surface area contributed by atoms with E-state index in [1.807, 2.05) is 0 Å². The second kappa shape index (κ2) is 6.62. The van der Waals surface area contributed by atoms with Gasteiger partial charge >= 0.3 is 6.03 Å². The third-order valence-electron chi connectivity index (χ3n) is 4.95. The van der Waals surface area contributed by atoms with E-state index in [-0.39, 0.29) is 6.03 Å². The summed E-state index contributed by atoms with van der Waals surface area (Å²) in [5, 5.41) is 6.20. The van der Waals surface area contributed by atoms with E-state index in [9.17, 15) is 4.79 Å². The number of rotatable bonds is 3. The highest BCUT2D eigenvalue weighted by molar-refractivity contribution is 5.74. The summed E-state index contributed by atoms with van der Waals surface area (Å²) in [6.07, 6.45) is 11.3. The quantitative estimate of drug-likeness (QED) is 0.800. The number of hydrogen-bond acceptors (Lipinski definition) is 1. The highest BCUT2D eigenvalue weighted by Crippen LogP contribution is 2.37. The van der Waals surface area contributed by atoms with Crippen LogP contribution in [0.2, 0.25) is 0 Å². The molecule has 0 bridgehead atoms. The first kappa shape index (κ1) is 14.7. The first-order chi connectivity index (χ1) is 9.05. The van der Waals surface area contributed by atoms with Crippen molar-refractivity contribution in [3.8, 4) is 0 Å². The largest absolute Gasteiger partial charge is 0.338 e. The minimum Gasteiger partial charge on any atom is -0.338 e. The van der Waals surface area contributed by atoms with Crippen LogP contribution in [-0.2, 0) is 0 Å². The van der Waals surface area contributed by atoms with Crippen molar-refractivity contribution in [3.63, 3.8) is 0 Å². The summed E-state index contributed by atoms with van der Waals surface area (Å²) in [6.45, 7) is 5.56. The Morgan fingerprint density at radius 2 is 1.68 bits per heavy atom. The van der Waals surface area contributed by atoms with Crippen molar-refractivity contribution in [2.45, 2.75) is 77.7 Å². The van der Waals surface area contributed by atoms with Crippen LogP contribution in [0.1, 0.15) is 71.6 Å². The summed E-state index contributed by atoms with van der Waals surface area (Å²) >= 11 is 0. The molecule has 2 aliphatic carbocycles. The van der Waals surface area contributed by atoms with Gasteiger partial charge in [-0.15, -0.1) is 0 Å². The number of nitrogens with one attached hydrogen (secondary N) is 2.